The largest absolute Gasteiger partial charge is 0.497 e. The Morgan fingerprint density at radius 3 is 2.50 bits per heavy atom. The molecule has 0 bridgehead atoms. The Hall–Kier alpha value is -1.97. The standard InChI is InChI=1S/C12H15NO3/c1-3-16-12(14)11(13)8-9-4-6-10(15-2)7-5-9/h4-8H,3,13H2,1-2H3/b11-8-. The third-order valence-electron chi connectivity index (χ3n) is 1.95. The van der Waals surface area contributed by atoms with E-state index in [0.717, 1.165) is 11.3 Å². The van der Waals surface area contributed by atoms with E-state index in [-0.39, 0.29) is 5.70 Å². The smallest absolute Gasteiger partial charge is 0.354 e. The van der Waals surface area contributed by atoms with Crippen LogP contribution < -0.4 is 10.5 Å². The Labute approximate surface area is 94.7 Å². The second-order valence-electron chi connectivity index (χ2n) is 3.09. The maximum atomic E-state index is 11.2. The van der Waals surface area contributed by atoms with E-state index in [4.69, 9.17) is 15.2 Å². The summed E-state index contributed by atoms with van der Waals surface area (Å²) in [6.45, 7) is 2.05. The number of benzene rings is 1. The van der Waals surface area contributed by atoms with E-state index in [1.807, 2.05) is 12.1 Å². The zero-order chi connectivity index (χ0) is 12.0. The van der Waals surface area contributed by atoms with E-state index in [0.29, 0.717) is 6.61 Å². The molecular formula is C12H15NO3. The van der Waals surface area contributed by atoms with Crippen molar-refractivity contribution in [3.63, 3.8) is 0 Å². The maximum absolute atomic E-state index is 11.2. The number of ether oxygens (including phenoxy) is 2. The maximum Gasteiger partial charge on any atom is 0.354 e. The fourth-order valence-corrected chi connectivity index (χ4v) is 1.15. The van der Waals surface area contributed by atoms with Gasteiger partial charge in [0.15, 0.2) is 0 Å². The first-order valence-electron chi connectivity index (χ1n) is 4.95. The third kappa shape index (κ3) is 3.31. The Kier molecular flexibility index (Phi) is 4.39. The molecule has 0 saturated heterocycles. The first kappa shape index (κ1) is 12.1. The SMILES string of the molecule is CCOC(=O)/C(N)=C/c1ccc(OC)cc1. The van der Waals surface area contributed by atoms with Crippen molar-refractivity contribution in [2.24, 2.45) is 5.73 Å². The molecule has 1 rings (SSSR count). The highest BCUT2D eigenvalue weighted by atomic mass is 16.5. The minimum absolute atomic E-state index is 0.0898. The van der Waals surface area contributed by atoms with Gasteiger partial charge in [0.1, 0.15) is 11.4 Å². The Bertz CT molecular complexity index is 382. The number of hydrogen-bond acceptors (Lipinski definition) is 4. The van der Waals surface area contributed by atoms with E-state index in [1.165, 1.54) is 0 Å². The van der Waals surface area contributed by atoms with E-state index >= 15 is 0 Å². The van der Waals surface area contributed by atoms with E-state index in [1.54, 1.807) is 32.2 Å². The molecule has 0 heterocycles. The molecule has 0 aliphatic rings. The van der Waals surface area contributed by atoms with Gasteiger partial charge >= 0.3 is 5.97 Å². The summed E-state index contributed by atoms with van der Waals surface area (Å²) in [4.78, 5) is 11.2. The van der Waals surface area contributed by atoms with Crippen molar-refractivity contribution >= 4 is 12.0 Å². The van der Waals surface area contributed by atoms with Crippen molar-refractivity contribution in [2.45, 2.75) is 6.92 Å². The Balaban J connectivity index is 2.77. The first-order chi connectivity index (χ1) is 7.67. The number of esters is 1. The van der Waals surface area contributed by atoms with Crippen LogP contribution in [-0.2, 0) is 9.53 Å². The van der Waals surface area contributed by atoms with Gasteiger partial charge in [-0.3, -0.25) is 0 Å². The molecule has 0 aromatic heterocycles. The lowest BCUT2D eigenvalue weighted by Gasteiger charge is -2.02. The third-order valence-corrected chi connectivity index (χ3v) is 1.95. The van der Waals surface area contributed by atoms with Gasteiger partial charge in [-0.15, -0.1) is 0 Å². The summed E-state index contributed by atoms with van der Waals surface area (Å²) in [5, 5.41) is 0. The van der Waals surface area contributed by atoms with Crippen LogP contribution in [0.5, 0.6) is 5.75 Å². The molecule has 0 spiro atoms. The molecule has 0 aliphatic heterocycles. The van der Waals surface area contributed by atoms with Crippen LogP contribution in [0.2, 0.25) is 0 Å². The average molecular weight is 221 g/mol. The highest BCUT2D eigenvalue weighted by Gasteiger charge is 2.05. The summed E-state index contributed by atoms with van der Waals surface area (Å²) in [7, 11) is 1.60. The Morgan fingerprint density at radius 1 is 1.38 bits per heavy atom. The molecule has 4 heteroatoms. The van der Waals surface area contributed by atoms with E-state index < -0.39 is 5.97 Å². The monoisotopic (exact) mass is 221 g/mol. The molecule has 86 valence electrons. The molecule has 0 radical (unpaired) electrons. The lowest BCUT2D eigenvalue weighted by Crippen LogP contribution is -2.14. The molecular weight excluding hydrogens is 206 g/mol. The van der Waals surface area contributed by atoms with Crippen molar-refractivity contribution in [3.05, 3.63) is 35.5 Å². The van der Waals surface area contributed by atoms with Crippen LogP contribution >= 0.6 is 0 Å². The van der Waals surface area contributed by atoms with Crippen LogP contribution in [-0.4, -0.2) is 19.7 Å². The molecule has 0 fully saturated rings. The van der Waals surface area contributed by atoms with Crippen molar-refractivity contribution in [1.82, 2.24) is 0 Å². The minimum Gasteiger partial charge on any atom is -0.497 e. The lowest BCUT2D eigenvalue weighted by molar-refractivity contribution is -0.138. The van der Waals surface area contributed by atoms with Crippen LogP contribution in [0, 0.1) is 0 Å². The van der Waals surface area contributed by atoms with Crippen LogP contribution in [0.4, 0.5) is 0 Å². The van der Waals surface area contributed by atoms with Gasteiger partial charge < -0.3 is 15.2 Å². The summed E-state index contributed by atoms with van der Waals surface area (Å²) < 4.78 is 9.78. The van der Waals surface area contributed by atoms with Gasteiger partial charge in [0, 0.05) is 0 Å². The van der Waals surface area contributed by atoms with Crippen molar-refractivity contribution in [3.8, 4) is 5.75 Å². The fourth-order valence-electron chi connectivity index (χ4n) is 1.15. The molecule has 1 aromatic carbocycles. The van der Waals surface area contributed by atoms with Crippen LogP contribution in [0.3, 0.4) is 0 Å². The molecule has 1 aromatic rings. The van der Waals surface area contributed by atoms with E-state index in [2.05, 4.69) is 0 Å². The Morgan fingerprint density at radius 2 is 2.00 bits per heavy atom. The zero-order valence-electron chi connectivity index (χ0n) is 9.40. The number of rotatable bonds is 4. The molecule has 0 atom stereocenters. The minimum atomic E-state index is -0.502. The lowest BCUT2D eigenvalue weighted by atomic mass is 10.2. The van der Waals surface area contributed by atoms with Crippen molar-refractivity contribution < 1.29 is 14.3 Å². The van der Waals surface area contributed by atoms with Crippen LogP contribution in [0.1, 0.15) is 12.5 Å². The second-order valence-corrected chi connectivity index (χ2v) is 3.09. The van der Waals surface area contributed by atoms with Gasteiger partial charge in [-0.05, 0) is 30.7 Å². The van der Waals surface area contributed by atoms with Crippen LogP contribution in [0.15, 0.2) is 30.0 Å². The molecule has 0 amide bonds. The summed E-state index contributed by atoms with van der Waals surface area (Å²) in [5.41, 5.74) is 6.48. The van der Waals surface area contributed by atoms with Gasteiger partial charge in [-0.25, -0.2) is 4.79 Å². The van der Waals surface area contributed by atoms with Crippen molar-refractivity contribution in [1.29, 1.82) is 0 Å². The first-order valence-corrected chi connectivity index (χ1v) is 4.95. The number of hydrogen-bond donors (Lipinski definition) is 1. The topological polar surface area (TPSA) is 61.5 Å². The predicted octanol–water partition coefficient (Wildman–Crippen LogP) is 1.56. The fraction of sp³-hybridized carbons (Fsp3) is 0.250. The molecule has 0 saturated carbocycles. The number of nitrogens with two attached hydrogens (primary N) is 1. The van der Waals surface area contributed by atoms with Gasteiger partial charge in [-0.1, -0.05) is 12.1 Å². The van der Waals surface area contributed by atoms with Gasteiger partial charge in [0.25, 0.3) is 0 Å². The number of methoxy groups -OCH3 is 1. The molecule has 4 nitrogen and oxygen atoms in total. The van der Waals surface area contributed by atoms with Crippen LogP contribution in [0.25, 0.3) is 6.08 Å². The summed E-state index contributed by atoms with van der Waals surface area (Å²) in [6, 6.07) is 7.21. The number of carbonyl (C=O) groups is 1. The van der Waals surface area contributed by atoms with Gasteiger partial charge in [-0.2, -0.15) is 0 Å². The highest BCUT2D eigenvalue weighted by molar-refractivity contribution is 5.92. The molecule has 0 unspecified atom stereocenters. The van der Waals surface area contributed by atoms with E-state index in [9.17, 15) is 4.79 Å². The summed E-state index contributed by atoms with van der Waals surface area (Å²) >= 11 is 0. The molecule has 2 N–H and O–H groups in total. The quantitative estimate of drug-likeness (QED) is 0.619. The summed E-state index contributed by atoms with van der Waals surface area (Å²) in [5.74, 6) is 0.255. The predicted molar refractivity (Wildman–Crippen MR) is 61.8 cm³/mol. The normalized spacial score (nSPS) is 11.0. The number of carbonyl (C=O) groups excluding carboxylic acids is 1. The average Bonchev–Trinajstić information content (AvgIpc) is 2.30. The highest BCUT2D eigenvalue weighted by Crippen LogP contribution is 2.13. The van der Waals surface area contributed by atoms with Crippen molar-refractivity contribution in [2.75, 3.05) is 13.7 Å². The molecule has 0 aliphatic carbocycles. The zero-order valence-corrected chi connectivity index (χ0v) is 9.40. The molecule has 16 heavy (non-hydrogen) atoms. The van der Waals surface area contributed by atoms with Gasteiger partial charge in [0.05, 0.1) is 13.7 Å². The summed E-state index contributed by atoms with van der Waals surface area (Å²) in [6.07, 6.45) is 1.57. The second kappa shape index (κ2) is 5.80. The van der Waals surface area contributed by atoms with Gasteiger partial charge in [0.2, 0.25) is 0 Å².